The molecule has 0 saturated heterocycles. The van der Waals surface area contributed by atoms with Crippen molar-refractivity contribution in [3.8, 4) is 5.75 Å². The van der Waals surface area contributed by atoms with Crippen molar-refractivity contribution in [1.29, 1.82) is 5.41 Å². The maximum Gasteiger partial charge on any atom is 0.122 e. The minimum Gasteiger partial charge on any atom is -0.494 e. The molecule has 76 valence electrons. The van der Waals surface area contributed by atoms with Gasteiger partial charge in [-0.1, -0.05) is 13.3 Å². The summed E-state index contributed by atoms with van der Waals surface area (Å²) in [5.41, 5.74) is 6.06. The Morgan fingerprint density at radius 1 is 1.36 bits per heavy atom. The van der Waals surface area contributed by atoms with Gasteiger partial charge >= 0.3 is 0 Å². The number of nitrogens with one attached hydrogen (secondary N) is 1. The van der Waals surface area contributed by atoms with Crippen LogP contribution in [0.1, 0.15) is 25.3 Å². The number of ether oxygens (including phenoxy) is 1. The van der Waals surface area contributed by atoms with Gasteiger partial charge in [-0.2, -0.15) is 0 Å². The van der Waals surface area contributed by atoms with Crippen LogP contribution in [0.3, 0.4) is 0 Å². The van der Waals surface area contributed by atoms with E-state index in [1.54, 1.807) is 12.1 Å². The van der Waals surface area contributed by atoms with E-state index in [1.165, 1.54) is 0 Å². The van der Waals surface area contributed by atoms with E-state index in [9.17, 15) is 0 Å². The second-order valence-corrected chi connectivity index (χ2v) is 3.14. The highest BCUT2D eigenvalue weighted by molar-refractivity contribution is 5.94. The van der Waals surface area contributed by atoms with Crippen LogP contribution in [0.5, 0.6) is 5.75 Å². The first-order valence-electron chi connectivity index (χ1n) is 4.81. The number of hydrogen-bond acceptors (Lipinski definition) is 2. The third-order valence-electron chi connectivity index (χ3n) is 1.93. The average Bonchev–Trinajstić information content (AvgIpc) is 2.19. The summed E-state index contributed by atoms with van der Waals surface area (Å²) in [5.74, 6) is 0.925. The van der Waals surface area contributed by atoms with Crippen molar-refractivity contribution in [2.24, 2.45) is 5.73 Å². The monoisotopic (exact) mass is 192 g/mol. The summed E-state index contributed by atoms with van der Waals surface area (Å²) in [5, 5.41) is 7.21. The molecule has 0 fully saturated rings. The van der Waals surface area contributed by atoms with Gasteiger partial charge in [-0.25, -0.2) is 0 Å². The summed E-state index contributed by atoms with van der Waals surface area (Å²) >= 11 is 0. The minimum absolute atomic E-state index is 0.0881. The Hall–Kier alpha value is -1.51. The van der Waals surface area contributed by atoms with Gasteiger partial charge in [0.2, 0.25) is 0 Å². The lowest BCUT2D eigenvalue weighted by Gasteiger charge is -2.05. The van der Waals surface area contributed by atoms with Crippen molar-refractivity contribution < 1.29 is 4.74 Å². The van der Waals surface area contributed by atoms with Crippen LogP contribution >= 0.6 is 0 Å². The number of benzene rings is 1. The fourth-order valence-corrected chi connectivity index (χ4v) is 1.07. The first kappa shape index (κ1) is 10.6. The molecule has 0 aliphatic rings. The Balaban J connectivity index is 2.51. The summed E-state index contributed by atoms with van der Waals surface area (Å²) in [6.45, 7) is 2.87. The molecule has 0 unspecified atom stereocenters. The first-order valence-corrected chi connectivity index (χ1v) is 4.81. The van der Waals surface area contributed by atoms with E-state index in [0.717, 1.165) is 30.8 Å². The predicted molar refractivity (Wildman–Crippen MR) is 57.9 cm³/mol. The Kier molecular flexibility index (Phi) is 3.98. The molecule has 0 radical (unpaired) electrons. The van der Waals surface area contributed by atoms with Gasteiger partial charge in [-0.15, -0.1) is 0 Å². The third kappa shape index (κ3) is 3.09. The molecule has 3 nitrogen and oxygen atoms in total. The molecule has 0 saturated carbocycles. The van der Waals surface area contributed by atoms with Crippen molar-refractivity contribution in [3.63, 3.8) is 0 Å². The van der Waals surface area contributed by atoms with Crippen molar-refractivity contribution in [2.75, 3.05) is 6.61 Å². The molecule has 1 aromatic rings. The van der Waals surface area contributed by atoms with Gasteiger partial charge in [-0.3, -0.25) is 5.41 Å². The molecule has 0 aliphatic heterocycles. The highest BCUT2D eigenvalue weighted by atomic mass is 16.5. The van der Waals surface area contributed by atoms with E-state index >= 15 is 0 Å². The van der Waals surface area contributed by atoms with Crippen molar-refractivity contribution in [2.45, 2.75) is 19.8 Å². The quantitative estimate of drug-likeness (QED) is 0.426. The lowest BCUT2D eigenvalue weighted by Crippen LogP contribution is -2.10. The van der Waals surface area contributed by atoms with E-state index in [1.807, 2.05) is 12.1 Å². The van der Waals surface area contributed by atoms with Gasteiger partial charge < -0.3 is 10.5 Å². The summed E-state index contributed by atoms with van der Waals surface area (Å²) < 4.78 is 5.47. The molecule has 0 atom stereocenters. The number of nitrogens with two attached hydrogens (primary N) is 1. The molecule has 0 spiro atoms. The van der Waals surface area contributed by atoms with Gasteiger partial charge in [0.15, 0.2) is 0 Å². The van der Waals surface area contributed by atoms with Crippen LogP contribution in [-0.2, 0) is 0 Å². The highest BCUT2D eigenvalue weighted by Crippen LogP contribution is 2.12. The topological polar surface area (TPSA) is 59.1 Å². The molecular weight excluding hydrogens is 176 g/mol. The van der Waals surface area contributed by atoms with Gasteiger partial charge in [-0.05, 0) is 30.7 Å². The number of nitrogen functional groups attached to an aromatic ring is 1. The van der Waals surface area contributed by atoms with Gasteiger partial charge in [0, 0.05) is 5.56 Å². The van der Waals surface area contributed by atoms with Crippen LogP contribution in [0.2, 0.25) is 0 Å². The number of hydrogen-bond donors (Lipinski definition) is 2. The molecule has 3 N–H and O–H groups in total. The second kappa shape index (κ2) is 5.27. The zero-order valence-electron chi connectivity index (χ0n) is 8.42. The van der Waals surface area contributed by atoms with E-state index in [4.69, 9.17) is 15.9 Å². The summed E-state index contributed by atoms with van der Waals surface area (Å²) in [6, 6.07) is 7.27. The van der Waals surface area contributed by atoms with Crippen molar-refractivity contribution in [3.05, 3.63) is 29.8 Å². The Morgan fingerprint density at radius 2 is 2.00 bits per heavy atom. The molecule has 0 heterocycles. The zero-order valence-corrected chi connectivity index (χ0v) is 8.42. The second-order valence-electron chi connectivity index (χ2n) is 3.14. The molecule has 0 bridgehead atoms. The summed E-state index contributed by atoms with van der Waals surface area (Å²) in [6.07, 6.45) is 2.19. The molecule has 1 rings (SSSR count). The fraction of sp³-hybridized carbons (Fsp3) is 0.364. The smallest absolute Gasteiger partial charge is 0.122 e. The van der Waals surface area contributed by atoms with Crippen LogP contribution in [-0.4, -0.2) is 12.4 Å². The van der Waals surface area contributed by atoms with Gasteiger partial charge in [0.1, 0.15) is 11.6 Å². The van der Waals surface area contributed by atoms with Crippen LogP contribution in [0.15, 0.2) is 24.3 Å². The van der Waals surface area contributed by atoms with E-state index in [0.29, 0.717) is 0 Å². The normalized spacial score (nSPS) is 9.79. The molecule has 0 aromatic heterocycles. The van der Waals surface area contributed by atoms with Crippen LogP contribution in [0.25, 0.3) is 0 Å². The van der Waals surface area contributed by atoms with E-state index in [2.05, 4.69) is 6.92 Å². The molecule has 0 aliphatic carbocycles. The molecule has 1 aromatic carbocycles. The Bertz CT molecular complexity index is 293. The average molecular weight is 192 g/mol. The molecular formula is C11H16N2O. The standard InChI is InChI=1S/C11H16N2O/c1-2-3-8-14-10-6-4-9(5-7-10)11(12)13/h4-7H,2-3,8H2,1H3,(H3,12,13). The van der Waals surface area contributed by atoms with Crippen molar-refractivity contribution >= 4 is 5.84 Å². The first-order chi connectivity index (χ1) is 6.74. The largest absolute Gasteiger partial charge is 0.494 e. The fourth-order valence-electron chi connectivity index (χ4n) is 1.07. The summed E-state index contributed by atoms with van der Waals surface area (Å²) in [4.78, 5) is 0. The Labute approximate surface area is 84.4 Å². The minimum atomic E-state index is 0.0881. The Morgan fingerprint density at radius 3 is 2.50 bits per heavy atom. The lowest BCUT2D eigenvalue weighted by molar-refractivity contribution is 0.309. The maximum absolute atomic E-state index is 7.21. The molecule has 0 amide bonds. The van der Waals surface area contributed by atoms with Crippen LogP contribution in [0.4, 0.5) is 0 Å². The molecule has 14 heavy (non-hydrogen) atoms. The van der Waals surface area contributed by atoms with E-state index in [-0.39, 0.29) is 5.84 Å². The van der Waals surface area contributed by atoms with E-state index < -0.39 is 0 Å². The molecule has 3 heteroatoms. The van der Waals surface area contributed by atoms with Crippen molar-refractivity contribution in [1.82, 2.24) is 0 Å². The zero-order chi connectivity index (χ0) is 10.4. The SMILES string of the molecule is CCCCOc1ccc(C(=N)N)cc1. The number of amidine groups is 1. The van der Waals surface area contributed by atoms with Gasteiger partial charge in [0.05, 0.1) is 6.61 Å². The lowest BCUT2D eigenvalue weighted by atomic mass is 10.2. The highest BCUT2D eigenvalue weighted by Gasteiger charge is 1.96. The predicted octanol–water partition coefficient (Wildman–Crippen LogP) is 2.15. The summed E-state index contributed by atoms with van der Waals surface area (Å²) in [7, 11) is 0. The number of rotatable bonds is 5. The van der Waals surface area contributed by atoms with Gasteiger partial charge in [0.25, 0.3) is 0 Å². The third-order valence-corrected chi connectivity index (χ3v) is 1.93. The van der Waals surface area contributed by atoms with Crippen LogP contribution < -0.4 is 10.5 Å². The van der Waals surface area contributed by atoms with Crippen LogP contribution in [0, 0.1) is 5.41 Å². The number of unbranched alkanes of at least 4 members (excludes halogenated alkanes) is 1. The maximum atomic E-state index is 7.21.